The molecule has 3 unspecified atom stereocenters. The number of pyridine rings is 1. The minimum atomic E-state index is -0.310. The average Bonchev–Trinajstić information content (AvgIpc) is 3.00. The zero-order chi connectivity index (χ0) is 28.5. The lowest BCUT2D eigenvalue weighted by molar-refractivity contribution is -0.134. The number of hydrogen-bond acceptors (Lipinski definition) is 8. The maximum Gasteiger partial charge on any atom is 0.227 e. The van der Waals surface area contributed by atoms with Gasteiger partial charge >= 0.3 is 0 Å². The van der Waals surface area contributed by atoms with Crippen LogP contribution in [0.4, 0.5) is 5.69 Å². The topological polar surface area (TPSA) is 107 Å². The van der Waals surface area contributed by atoms with Crippen LogP contribution in [-0.2, 0) is 27.3 Å². The van der Waals surface area contributed by atoms with E-state index in [4.69, 9.17) is 9.47 Å². The predicted octanol–water partition coefficient (Wildman–Crippen LogP) is 2.02. The smallest absolute Gasteiger partial charge is 0.227 e. The van der Waals surface area contributed by atoms with Gasteiger partial charge in [0.15, 0.2) is 0 Å². The number of benzene rings is 1. The van der Waals surface area contributed by atoms with Crippen molar-refractivity contribution in [3.63, 3.8) is 0 Å². The summed E-state index contributed by atoms with van der Waals surface area (Å²) >= 11 is 0. The fourth-order valence-electron chi connectivity index (χ4n) is 5.20. The van der Waals surface area contributed by atoms with E-state index < -0.39 is 0 Å². The van der Waals surface area contributed by atoms with Crippen molar-refractivity contribution in [1.29, 1.82) is 0 Å². The fourth-order valence-corrected chi connectivity index (χ4v) is 5.20. The van der Waals surface area contributed by atoms with Crippen molar-refractivity contribution >= 4 is 17.5 Å². The summed E-state index contributed by atoms with van der Waals surface area (Å²) in [5, 5.41) is 12.9. The summed E-state index contributed by atoms with van der Waals surface area (Å²) in [6.07, 6.45) is 3.90. The third-order valence-corrected chi connectivity index (χ3v) is 7.65. The Hall–Kier alpha value is -3.05. The molecule has 2 N–H and O–H groups in total. The number of nitrogens with zero attached hydrogens (tertiary/aromatic N) is 4. The van der Waals surface area contributed by atoms with Crippen molar-refractivity contribution in [3.05, 3.63) is 53.9 Å². The number of aromatic nitrogens is 1. The van der Waals surface area contributed by atoms with Gasteiger partial charge in [0, 0.05) is 75.3 Å². The number of nitrogens with one attached hydrogen (secondary N) is 1. The molecule has 2 aromatic rings. The SMILES string of the molecule is CC1CN(C(C)CO)C(=O)Cc2cc(NC(=O)CCN3CCOCC3)ccc2OC1CN(C)Cc1ccncc1. The minimum Gasteiger partial charge on any atom is -0.488 e. The molecule has 2 amide bonds. The average molecular weight is 554 g/mol. The van der Waals surface area contributed by atoms with Gasteiger partial charge in [0.25, 0.3) is 0 Å². The van der Waals surface area contributed by atoms with Crippen molar-refractivity contribution in [1.82, 2.24) is 19.7 Å². The van der Waals surface area contributed by atoms with E-state index in [-0.39, 0.29) is 42.9 Å². The number of carbonyl (C=O) groups excluding carboxylic acids is 2. The standard InChI is InChI=1S/C30H43N5O5/c1-22-18-35(23(2)21-36)30(38)17-25-16-26(32-29(37)8-11-34-12-14-39-15-13-34)4-5-27(25)40-28(22)20-33(3)19-24-6-9-31-10-7-24/h4-7,9-10,16,22-23,28,36H,8,11-15,17-21H2,1-3H3,(H,32,37). The molecule has 4 rings (SSSR count). The van der Waals surface area contributed by atoms with E-state index in [1.54, 1.807) is 17.3 Å². The highest BCUT2D eigenvalue weighted by molar-refractivity contribution is 5.91. The second kappa shape index (κ2) is 14.5. The zero-order valence-corrected chi connectivity index (χ0v) is 23.9. The quantitative estimate of drug-likeness (QED) is 0.460. The number of aliphatic hydroxyl groups excluding tert-OH is 1. The van der Waals surface area contributed by atoms with Crippen LogP contribution >= 0.6 is 0 Å². The molecule has 1 fully saturated rings. The minimum absolute atomic E-state index is 0.0170. The Balaban J connectivity index is 1.50. The summed E-state index contributed by atoms with van der Waals surface area (Å²) < 4.78 is 12.0. The van der Waals surface area contributed by atoms with Crippen LogP contribution in [0, 0.1) is 5.92 Å². The third kappa shape index (κ3) is 8.47. The van der Waals surface area contributed by atoms with Gasteiger partial charge < -0.3 is 24.8 Å². The van der Waals surface area contributed by atoms with Gasteiger partial charge in [-0.3, -0.25) is 24.4 Å². The van der Waals surface area contributed by atoms with E-state index in [9.17, 15) is 14.7 Å². The van der Waals surface area contributed by atoms with Crippen LogP contribution in [0.25, 0.3) is 0 Å². The number of hydrogen-bond donors (Lipinski definition) is 2. The summed E-state index contributed by atoms with van der Waals surface area (Å²) in [5.74, 6) is 0.525. The number of fused-ring (bicyclic) bond motifs is 1. The highest BCUT2D eigenvalue weighted by atomic mass is 16.5. The van der Waals surface area contributed by atoms with Gasteiger partial charge in [-0.25, -0.2) is 0 Å². The molecule has 40 heavy (non-hydrogen) atoms. The molecule has 0 saturated carbocycles. The first-order valence-corrected chi connectivity index (χ1v) is 14.2. The molecule has 10 heteroatoms. The molecule has 0 radical (unpaired) electrons. The molecule has 1 aromatic carbocycles. The zero-order valence-electron chi connectivity index (χ0n) is 23.9. The number of likely N-dealkylation sites (N-methyl/N-ethyl adjacent to an activating group) is 1. The van der Waals surface area contributed by atoms with Gasteiger partial charge in [0.1, 0.15) is 11.9 Å². The Bertz CT molecular complexity index is 1110. The second-order valence-corrected chi connectivity index (χ2v) is 11.0. The van der Waals surface area contributed by atoms with Crippen LogP contribution in [-0.4, -0.2) is 108 Å². The summed E-state index contributed by atoms with van der Waals surface area (Å²) in [4.78, 5) is 36.4. The normalized spacial score (nSPS) is 21.1. The van der Waals surface area contributed by atoms with Crippen molar-refractivity contribution in [2.24, 2.45) is 5.92 Å². The summed E-state index contributed by atoms with van der Waals surface area (Å²) in [7, 11) is 2.05. The molecule has 3 atom stereocenters. The number of morpholine rings is 1. The number of rotatable bonds is 10. The lowest BCUT2D eigenvalue weighted by Crippen LogP contribution is -2.47. The van der Waals surface area contributed by atoms with E-state index in [1.165, 1.54) is 0 Å². The molecule has 1 aromatic heterocycles. The van der Waals surface area contributed by atoms with Crippen LogP contribution < -0.4 is 10.1 Å². The summed E-state index contributed by atoms with van der Waals surface area (Å²) in [6.45, 7) is 9.47. The van der Waals surface area contributed by atoms with Crippen LogP contribution in [0.15, 0.2) is 42.7 Å². The van der Waals surface area contributed by atoms with Crippen molar-refractivity contribution in [2.75, 3.05) is 64.9 Å². The summed E-state index contributed by atoms with van der Waals surface area (Å²) in [6, 6.07) is 9.22. The van der Waals surface area contributed by atoms with E-state index in [0.717, 1.165) is 30.8 Å². The maximum absolute atomic E-state index is 13.4. The molecular weight excluding hydrogens is 510 g/mol. The molecular formula is C30H43N5O5. The van der Waals surface area contributed by atoms with Crippen LogP contribution in [0.1, 0.15) is 31.4 Å². The van der Waals surface area contributed by atoms with E-state index >= 15 is 0 Å². The molecule has 2 aliphatic rings. The molecule has 3 heterocycles. The van der Waals surface area contributed by atoms with Crippen molar-refractivity contribution < 1.29 is 24.2 Å². The van der Waals surface area contributed by atoms with Gasteiger partial charge in [-0.2, -0.15) is 0 Å². The molecule has 0 bridgehead atoms. The Morgan fingerprint density at radius 2 is 1.98 bits per heavy atom. The number of carbonyl (C=O) groups is 2. The molecule has 0 spiro atoms. The first-order valence-electron chi connectivity index (χ1n) is 14.2. The molecule has 218 valence electrons. The Morgan fingerprint density at radius 3 is 2.70 bits per heavy atom. The molecule has 2 aliphatic heterocycles. The van der Waals surface area contributed by atoms with E-state index in [1.807, 2.05) is 37.3 Å². The first-order chi connectivity index (χ1) is 19.3. The number of aliphatic hydroxyl groups is 1. The van der Waals surface area contributed by atoms with Crippen LogP contribution in [0.3, 0.4) is 0 Å². The molecule has 0 aliphatic carbocycles. The maximum atomic E-state index is 13.4. The second-order valence-electron chi connectivity index (χ2n) is 11.0. The van der Waals surface area contributed by atoms with Gasteiger partial charge in [-0.1, -0.05) is 6.92 Å². The molecule has 1 saturated heterocycles. The highest BCUT2D eigenvalue weighted by Crippen LogP contribution is 2.29. The van der Waals surface area contributed by atoms with Crippen molar-refractivity contribution in [2.45, 2.75) is 45.4 Å². The van der Waals surface area contributed by atoms with Crippen LogP contribution in [0.2, 0.25) is 0 Å². The number of anilines is 1. The predicted molar refractivity (Wildman–Crippen MR) is 153 cm³/mol. The van der Waals surface area contributed by atoms with Gasteiger partial charge in [-0.15, -0.1) is 0 Å². The third-order valence-electron chi connectivity index (χ3n) is 7.65. The fraction of sp³-hybridized carbons (Fsp3) is 0.567. The van der Waals surface area contributed by atoms with Crippen molar-refractivity contribution in [3.8, 4) is 5.75 Å². The molecule has 10 nitrogen and oxygen atoms in total. The lowest BCUT2D eigenvalue weighted by Gasteiger charge is -2.34. The first kappa shape index (κ1) is 29.9. The Labute approximate surface area is 237 Å². The monoisotopic (exact) mass is 553 g/mol. The van der Waals surface area contributed by atoms with E-state index in [2.05, 4.69) is 34.1 Å². The summed E-state index contributed by atoms with van der Waals surface area (Å²) in [5.41, 5.74) is 2.53. The van der Waals surface area contributed by atoms with E-state index in [0.29, 0.717) is 50.7 Å². The highest BCUT2D eigenvalue weighted by Gasteiger charge is 2.31. The van der Waals surface area contributed by atoms with Gasteiger partial charge in [0.05, 0.1) is 32.3 Å². The van der Waals surface area contributed by atoms with Gasteiger partial charge in [0.2, 0.25) is 11.8 Å². The Kier molecular flexibility index (Phi) is 10.9. The van der Waals surface area contributed by atoms with Crippen LogP contribution in [0.5, 0.6) is 5.75 Å². The lowest BCUT2D eigenvalue weighted by atomic mass is 10.0. The number of ether oxygens (including phenoxy) is 2. The largest absolute Gasteiger partial charge is 0.488 e. The number of amides is 2. The Morgan fingerprint density at radius 1 is 1.23 bits per heavy atom. The van der Waals surface area contributed by atoms with Gasteiger partial charge in [-0.05, 0) is 49.9 Å².